The van der Waals surface area contributed by atoms with Crippen LogP contribution in [0.4, 0.5) is 0 Å². The molecule has 0 N–H and O–H groups in total. The summed E-state index contributed by atoms with van der Waals surface area (Å²) in [4.78, 5) is 24.2. The van der Waals surface area contributed by atoms with Gasteiger partial charge >= 0.3 is 5.63 Å². The van der Waals surface area contributed by atoms with E-state index in [0.29, 0.717) is 16.9 Å². The zero-order chi connectivity index (χ0) is 18.0. The van der Waals surface area contributed by atoms with Gasteiger partial charge in [-0.2, -0.15) is 0 Å². The highest BCUT2D eigenvalue weighted by molar-refractivity contribution is 5.85. The number of fused-ring (bicyclic) bond motifs is 1. The van der Waals surface area contributed by atoms with Gasteiger partial charge in [0.2, 0.25) is 0 Å². The monoisotopic (exact) mass is 336 g/mol. The van der Waals surface area contributed by atoms with Crippen LogP contribution in [0.1, 0.15) is 20.8 Å². The third kappa shape index (κ3) is 3.79. The van der Waals surface area contributed by atoms with Gasteiger partial charge in [-0.05, 0) is 23.8 Å². The lowest BCUT2D eigenvalue weighted by atomic mass is 9.91. The van der Waals surface area contributed by atoms with E-state index in [4.69, 9.17) is 9.15 Å². The molecule has 3 aromatic rings. The fourth-order valence-corrected chi connectivity index (χ4v) is 2.37. The van der Waals surface area contributed by atoms with Crippen LogP contribution in [0.3, 0.4) is 0 Å². The highest BCUT2D eigenvalue weighted by Crippen LogP contribution is 2.25. The molecule has 0 saturated carbocycles. The van der Waals surface area contributed by atoms with Gasteiger partial charge in [-0.1, -0.05) is 51.1 Å². The van der Waals surface area contributed by atoms with Gasteiger partial charge in [-0.15, -0.1) is 0 Å². The van der Waals surface area contributed by atoms with Crippen LogP contribution in [-0.4, -0.2) is 12.4 Å². The van der Waals surface area contributed by atoms with Gasteiger partial charge in [0.05, 0.1) is 5.56 Å². The van der Waals surface area contributed by atoms with Crippen molar-refractivity contribution in [2.24, 2.45) is 5.41 Å². The number of hydrogen-bond donors (Lipinski definition) is 0. The highest BCUT2D eigenvalue weighted by atomic mass is 16.5. The van der Waals surface area contributed by atoms with Crippen LogP contribution in [-0.2, 0) is 4.79 Å². The summed E-state index contributed by atoms with van der Waals surface area (Å²) in [6.45, 7) is 5.54. The molecular weight excluding hydrogens is 316 g/mol. The average molecular weight is 336 g/mol. The Kier molecular flexibility index (Phi) is 4.45. The maximum atomic E-state index is 12.3. The van der Waals surface area contributed by atoms with Crippen molar-refractivity contribution in [3.05, 3.63) is 65.0 Å². The molecule has 1 heterocycles. The number of carbonyl (C=O) groups excluding carboxylic acids is 1. The molecule has 1 aromatic heterocycles. The van der Waals surface area contributed by atoms with E-state index in [2.05, 4.69) is 0 Å². The molecule has 0 amide bonds. The predicted molar refractivity (Wildman–Crippen MR) is 97.9 cm³/mol. The molecule has 4 heteroatoms. The third-order valence-electron chi connectivity index (χ3n) is 4.00. The lowest BCUT2D eigenvalue weighted by molar-refractivity contribution is -0.128. The first-order valence-corrected chi connectivity index (χ1v) is 8.14. The van der Waals surface area contributed by atoms with Crippen molar-refractivity contribution >= 4 is 16.8 Å². The van der Waals surface area contributed by atoms with Crippen molar-refractivity contribution in [3.63, 3.8) is 0 Å². The van der Waals surface area contributed by atoms with Gasteiger partial charge in [0.1, 0.15) is 17.9 Å². The Bertz CT molecular complexity index is 963. The van der Waals surface area contributed by atoms with Gasteiger partial charge in [0, 0.05) is 16.9 Å². The lowest BCUT2D eigenvalue weighted by Gasteiger charge is -2.16. The summed E-state index contributed by atoms with van der Waals surface area (Å²) in [7, 11) is 0. The summed E-state index contributed by atoms with van der Waals surface area (Å²) in [5.74, 6) is 0.509. The van der Waals surface area contributed by atoms with Gasteiger partial charge in [0.15, 0.2) is 5.78 Å². The number of benzene rings is 2. The quantitative estimate of drug-likeness (QED) is 0.660. The molecule has 0 radical (unpaired) electrons. The maximum absolute atomic E-state index is 12.3. The maximum Gasteiger partial charge on any atom is 0.344 e. The molecule has 128 valence electrons. The predicted octanol–water partition coefficient (Wildman–Crippen LogP) is 4.45. The van der Waals surface area contributed by atoms with Crippen LogP contribution in [0.2, 0.25) is 0 Å². The van der Waals surface area contributed by atoms with E-state index in [1.54, 1.807) is 18.2 Å². The molecule has 0 spiro atoms. The molecule has 0 aliphatic rings. The molecular formula is C21H20O4. The summed E-state index contributed by atoms with van der Waals surface area (Å²) in [5, 5.41) is 0.799. The lowest BCUT2D eigenvalue weighted by Crippen LogP contribution is -2.26. The summed E-state index contributed by atoms with van der Waals surface area (Å²) in [6.07, 6.45) is 0. The van der Waals surface area contributed by atoms with Gasteiger partial charge < -0.3 is 9.15 Å². The fourth-order valence-electron chi connectivity index (χ4n) is 2.37. The first-order chi connectivity index (χ1) is 11.8. The Balaban J connectivity index is 1.90. The molecule has 3 rings (SSSR count). The number of hydrogen-bond acceptors (Lipinski definition) is 4. The number of carbonyl (C=O) groups is 1. The van der Waals surface area contributed by atoms with Crippen molar-refractivity contribution in [1.29, 1.82) is 0 Å². The number of ether oxygens (including phenoxy) is 1. The van der Waals surface area contributed by atoms with E-state index < -0.39 is 11.0 Å². The average Bonchev–Trinajstić information content (AvgIpc) is 2.58. The second-order valence-corrected chi connectivity index (χ2v) is 6.98. The molecule has 0 bridgehead atoms. The smallest absolute Gasteiger partial charge is 0.344 e. The van der Waals surface area contributed by atoms with Crippen LogP contribution in [0.5, 0.6) is 5.75 Å². The summed E-state index contributed by atoms with van der Waals surface area (Å²) in [6, 6.07) is 16.4. The standard InChI is InChI=1S/C21H20O4/c1-21(2,3)19(22)13-24-16-10-9-15-11-17(14-7-5-4-6-8-14)20(23)25-18(15)12-16/h4-12H,13H2,1-3H3. The second kappa shape index (κ2) is 6.55. The summed E-state index contributed by atoms with van der Waals surface area (Å²) >= 11 is 0. The molecule has 0 atom stereocenters. The molecule has 4 nitrogen and oxygen atoms in total. The second-order valence-electron chi connectivity index (χ2n) is 6.98. The minimum Gasteiger partial charge on any atom is -0.486 e. The topological polar surface area (TPSA) is 56.5 Å². The normalized spacial score (nSPS) is 11.5. The Morgan fingerprint density at radius 2 is 1.76 bits per heavy atom. The van der Waals surface area contributed by atoms with Crippen molar-refractivity contribution in [3.8, 4) is 16.9 Å². The fraction of sp³-hybridized carbons (Fsp3) is 0.238. The van der Waals surface area contributed by atoms with E-state index in [-0.39, 0.29) is 12.4 Å². The van der Waals surface area contributed by atoms with Crippen LogP contribution >= 0.6 is 0 Å². The Labute approximate surface area is 146 Å². The largest absolute Gasteiger partial charge is 0.486 e. The van der Waals surface area contributed by atoms with Crippen molar-refractivity contribution in [1.82, 2.24) is 0 Å². The molecule has 0 fully saturated rings. The Morgan fingerprint density at radius 1 is 1.04 bits per heavy atom. The first-order valence-electron chi connectivity index (χ1n) is 8.14. The molecule has 25 heavy (non-hydrogen) atoms. The number of Topliss-reactive ketones (excluding diaryl/α,β-unsaturated/α-hetero) is 1. The minimum absolute atomic E-state index is 0.00785. The van der Waals surface area contributed by atoms with Crippen molar-refractivity contribution in [2.75, 3.05) is 6.61 Å². The zero-order valence-corrected chi connectivity index (χ0v) is 14.5. The van der Waals surface area contributed by atoms with Gasteiger partial charge in [-0.3, -0.25) is 4.79 Å². The van der Waals surface area contributed by atoms with Crippen LogP contribution in [0, 0.1) is 5.41 Å². The van der Waals surface area contributed by atoms with E-state index >= 15 is 0 Å². The molecule has 2 aromatic carbocycles. The molecule has 0 aliphatic heterocycles. The van der Waals surface area contributed by atoms with E-state index in [0.717, 1.165) is 10.9 Å². The third-order valence-corrected chi connectivity index (χ3v) is 4.00. The van der Waals surface area contributed by atoms with Crippen LogP contribution in [0.25, 0.3) is 22.1 Å². The van der Waals surface area contributed by atoms with Crippen LogP contribution < -0.4 is 10.4 Å². The summed E-state index contributed by atoms with van der Waals surface area (Å²) in [5.41, 5.74) is 0.916. The highest BCUT2D eigenvalue weighted by Gasteiger charge is 2.21. The first kappa shape index (κ1) is 17.0. The zero-order valence-electron chi connectivity index (χ0n) is 14.5. The van der Waals surface area contributed by atoms with E-state index in [1.807, 2.05) is 57.2 Å². The molecule has 0 aliphatic carbocycles. The Morgan fingerprint density at radius 3 is 2.44 bits per heavy atom. The van der Waals surface area contributed by atoms with E-state index in [1.165, 1.54) is 0 Å². The Hall–Kier alpha value is -2.88. The summed E-state index contributed by atoms with van der Waals surface area (Å²) < 4.78 is 11.0. The van der Waals surface area contributed by atoms with Crippen molar-refractivity contribution < 1.29 is 13.9 Å². The number of rotatable bonds is 4. The molecule has 0 saturated heterocycles. The SMILES string of the molecule is CC(C)(C)C(=O)COc1ccc2cc(-c3ccccc3)c(=O)oc2c1. The number of ketones is 1. The van der Waals surface area contributed by atoms with E-state index in [9.17, 15) is 9.59 Å². The van der Waals surface area contributed by atoms with Gasteiger partial charge in [-0.25, -0.2) is 4.79 Å². The van der Waals surface area contributed by atoms with Crippen molar-refractivity contribution in [2.45, 2.75) is 20.8 Å². The van der Waals surface area contributed by atoms with Crippen LogP contribution in [0.15, 0.2) is 63.8 Å². The minimum atomic E-state index is -0.450. The molecule has 0 unspecified atom stereocenters. The van der Waals surface area contributed by atoms with Gasteiger partial charge in [0.25, 0.3) is 0 Å².